The molecule has 4 heterocycles. The molecule has 142 valence electrons. The largest absolute Gasteiger partial charge is 0.422 e. The van der Waals surface area contributed by atoms with Crippen molar-refractivity contribution in [3.63, 3.8) is 0 Å². The number of aromatic nitrogens is 3. The van der Waals surface area contributed by atoms with E-state index in [-0.39, 0.29) is 5.63 Å². The first-order chi connectivity index (χ1) is 13.6. The highest BCUT2D eigenvalue weighted by Crippen LogP contribution is 2.25. The second-order valence-electron chi connectivity index (χ2n) is 7.39. The van der Waals surface area contributed by atoms with Crippen molar-refractivity contribution >= 4 is 22.3 Å². The molecule has 1 N–H and O–H groups in total. The highest BCUT2D eigenvalue weighted by atomic mass is 16.4. The van der Waals surface area contributed by atoms with Crippen LogP contribution in [0.15, 0.2) is 52.1 Å². The number of anilines is 1. The lowest BCUT2D eigenvalue weighted by atomic mass is 10.1. The molecule has 7 heteroatoms. The van der Waals surface area contributed by atoms with Gasteiger partial charge >= 0.3 is 5.63 Å². The predicted molar refractivity (Wildman–Crippen MR) is 109 cm³/mol. The average molecular weight is 375 g/mol. The second-order valence-corrected chi connectivity index (χ2v) is 7.39. The molecule has 3 aromatic heterocycles. The van der Waals surface area contributed by atoms with Crippen LogP contribution >= 0.6 is 0 Å². The van der Waals surface area contributed by atoms with Crippen molar-refractivity contribution in [3.05, 3.63) is 59.0 Å². The van der Waals surface area contributed by atoms with Gasteiger partial charge in [-0.25, -0.2) is 9.78 Å². The zero-order chi connectivity index (χ0) is 19.3. The zero-order valence-electron chi connectivity index (χ0n) is 15.8. The van der Waals surface area contributed by atoms with Crippen LogP contribution in [0.1, 0.15) is 12.6 Å². The molecular weight excluding hydrogens is 354 g/mol. The summed E-state index contributed by atoms with van der Waals surface area (Å²) < 4.78 is 7.53. The lowest BCUT2D eigenvalue weighted by molar-refractivity contribution is 0.484. The lowest BCUT2D eigenvalue weighted by Gasteiger charge is -2.33. The van der Waals surface area contributed by atoms with Gasteiger partial charge in [0, 0.05) is 55.2 Å². The van der Waals surface area contributed by atoms with Crippen LogP contribution in [0.4, 0.5) is 5.69 Å². The van der Waals surface area contributed by atoms with E-state index < -0.39 is 0 Å². The Morgan fingerprint density at radius 3 is 3.00 bits per heavy atom. The minimum atomic E-state index is -0.383. The Kier molecular flexibility index (Phi) is 3.91. The zero-order valence-corrected chi connectivity index (χ0v) is 15.8. The van der Waals surface area contributed by atoms with E-state index in [9.17, 15) is 4.79 Å². The van der Waals surface area contributed by atoms with Crippen LogP contribution in [0.5, 0.6) is 0 Å². The first-order valence-electron chi connectivity index (χ1n) is 9.45. The van der Waals surface area contributed by atoms with E-state index in [0.29, 0.717) is 28.5 Å². The quantitative estimate of drug-likeness (QED) is 0.543. The molecule has 1 aromatic carbocycles. The molecule has 28 heavy (non-hydrogen) atoms. The molecule has 1 aliphatic heterocycles. The monoisotopic (exact) mass is 375 g/mol. The normalized spacial score (nSPS) is 17.5. The average Bonchev–Trinajstić information content (AvgIpc) is 3.10. The van der Waals surface area contributed by atoms with E-state index in [4.69, 9.17) is 4.42 Å². The van der Waals surface area contributed by atoms with Gasteiger partial charge in [0.2, 0.25) is 0 Å². The maximum absolute atomic E-state index is 12.7. The molecule has 1 fully saturated rings. The molecule has 0 saturated carbocycles. The summed E-state index contributed by atoms with van der Waals surface area (Å²) in [6.45, 7) is 6.91. The van der Waals surface area contributed by atoms with Crippen molar-refractivity contribution < 1.29 is 4.42 Å². The standard InChI is InChI=1S/C21H21N5O2/c1-13-10-25(6-5-22-13)16-4-3-15-7-17(21(27)28-19(15)8-16)18-12-26-11-14(2)23-9-20(26)24-18/h3-4,7-9,11-13,22H,5-6,10H2,1-2H3/t13-/m0/s1. The number of benzene rings is 1. The second kappa shape index (κ2) is 6.45. The molecule has 7 nitrogen and oxygen atoms in total. The van der Waals surface area contributed by atoms with Gasteiger partial charge in [-0.15, -0.1) is 0 Å². The first-order valence-corrected chi connectivity index (χ1v) is 9.45. The molecule has 5 rings (SSSR count). The minimum absolute atomic E-state index is 0.383. The number of fused-ring (bicyclic) bond motifs is 2. The molecule has 0 radical (unpaired) electrons. The van der Waals surface area contributed by atoms with Gasteiger partial charge < -0.3 is 19.0 Å². The van der Waals surface area contributed by atoms with Crippen LogP contribution in [0.3, 0.4) is 0 Å². The highest BCUT2D eigenvalue weighted by Gasteiger charge is 2.17. The smallest absolute Gasteiger partial charge is 0.345 e. The Bertz CT molecular complexity index is 1240. The number of aryl methyl sites for hydroxylation is 1. The number of nitrogens with one attached hydrogen (secondary N) is 1. The van der Waals surface area contributed by atoms with Crippen molar-refractivity contribution in [2.45, 2.75) is 19.9 Å². The van der Waals surface area contributed by atoms with Crippen LogP contribution in [-0.2, 0) is 0 Å². The van der Waals surface area contributed by atoms with Gasteiger partial charge in [-0.1, -0.05) is 0 Å². The highest BCUT2D eigenvalue weighted by molar-refractivity contribution is 5.84. The van der Waals surface area contributed by atoms with Gasteiger partial charge in [0.25, 0.3) is 0 Å². The number of piperazine rings is 1. The number of hydrogen-bond acceptors (Lipinski definition) is 6. The minimum Gasteiger partial charge on any atom is -0.422 e. The van der Waals surface area contributed by atoms with E-state index in [2.05, 4.69) is 33.2 Å². The summed E-state index contributed by atoms with van der Waals surface area (Å²) in [5.41, 5.74) is 3.91. The molecule has 4 aromatic rings. The summed E-state index contributed by atoms with van der Waals surface area (Å²) in [6, 6.07) is 8.34. The van der Waals surface area contributed by atoms with E-state index in [0.717, 1.165) is 36.4 Å². The van der Waals surface area contributed by atoms with Gasteiger partial charge in [-0.2, -0.15) is 0 Å². The first kappa shape index (κ1) is 16.9. The van der Waals surface area contributed by atoms with Crippen LogP contribution in [0.25, 0.3) is 27.9 Å². The molecule has 0 unspecified atom stereocenters. The molecule has 1 atom stereocenters. The Hall–Kier alpha value is -3.19. The van der Waals surface area contributed by atoms with Crippen LogP contribution in [0, 0.1) is 6.92 Å². The fraction of sp³-hybridized carbons (Fsp3) is 0.286. The molecule has 0 amide bonds. The van der Waals surface area contributed by atoms with Gasteiger partial charge in [-0.3, -0.25) is 4.98 Å². The third kappa shape index (κ3) is 2.93. The maximum atomic E-state index is 12.7. The van der Waals surface area contributed by atoms with Gasteiger partial charge in [-0.05, 0) is 32.0 Å². The summed E-state index contributed by atoms with van der Waals surface area (Å²) in [5, 5.41) is 4.32. The number of hydrogen-bond donors (Lipinski definition) is 1. The SMILES string of the molecule is Cc1cn2cc(-c3cc4ccc(N5CCN[C@@H](C)C5)cc4oc3=O)nc2cn1. The number of rotatable bonds is 2. The Balaban J connectivity index is 1.56. The fourth-order valence-corrected chi connectivity index (χ4v) is 3.77. The third-order valence-electron chi connectivity index (χ3n) is 5.20. The Morgan fingerprint density at radius 2 is 2.14 bits per heavy atom. The molecule has 1 saturated heterocycles. The van der Waals surface area contributed by atoms with E-state index in [1.54, 1.807) is 6.20 Å². The summed E-state index contributed by atoms with van der Waals surface area (Å²) in [5.74, 6) is 0. The summed E-state index contributed by atoms with van der Waals surface area (Å²) >= 11 is 0. The number of nitrogens with zero attached hydrogens (tertiary/aromatic N) is 4. The van der Waals surface area contributed by atoms with Crippen molar-refractivity contribution in [1.82, 2.24) is 19.7 Å². The van der Waals surface area contributed by atoms with Crippen molar-refractivity contribution in [1.29, 1.82) is 0 Å². The van der Waals surface area contributed by atoms with Crippen molar-refractivity contribution in [2.24, 2.45) is 0 Å². The third-order valence-corrected chi connectivity index (χ3v) is 5.20. The molecule has 1 aliphatic rings. The Labute approximate surface area is 161 Å². The van der Waals surface area contributed by atoms with E-state index in [1.165, 1.54) is 0 Å². The van der Waals surface area contributed by atoms with Crippen LogP contribution in [-0.4, -0.2) is 40.0 Å². The topological polar surface area (TPSA) is 75.7 Å². The van der Waals surface area contributed by atoms with Gasteiger partial charge in [0.15, 0.2) is 5.65 Å². The van der Waals surface area contributed by atoms with Gasteiger partial charge in [0.05, 0.1) is 23.1 Å². The van der Waals surface area contributed by atoms with Gasteiger partial charge in [0.1, 0.15) is 5.58 Å². The summed E-state index contributed by atoms with van der Waals surface area (Å²) in [4.78, 5) is 23.7. The predicted octanol–water partition coefficient (Wildman–Crippen LogP) is 2.61. The molecule has 0 bridgehead atoms. The lowest BCUT2D eigenvalue weighted by Crippen LogP contribution is -2.49. The van der Waals surface area contributed by atoms with Crippen LogP contribution < -0.4 is 15.8 Å². The van der Waals surface area contributed by atoms with Crippen LogP contribution in [0.2, 0.25) is 0 Å². The summed E-state index contributed by atoms with van der Waals surface area (Å²) in [7, 11) is 0. The number of imidazole rings is 1. The van der Waals surface area contributed by atoms with E-state index >= 15 is 0 Å². The Morgan fingerprint density at radius 1 is 1.25 bits per heavy atom. The van der Waals surface area contributed by atoms with Crippen molar-refractivity contribution in [2.75, 3.05) is 24.5 Å². The van der Waals surface area contributed by atoms with E-state index in [1.807, 2.05) is 41.9 Å². The van der Waals surface area contributed by atoms with Crippen molar-refractivity contribution in [3.8, 4) is 11.3 Å². The summed E-state index contributed by atoms with van der Waals surface area (Å²) in [6.07, 6.45) is 5.41. The molecule has 0 spiro atoms. The fourth-order valence-electron chi connectivity index (χ4n) is 3.77. The molecule has 0 aliphatic carbocycles. The maximum Gasteiger partial charge on any atom is 0.345 e. The molecular formula is C21H21N5O2.